The van der Waals surface area contributed by atoms with Crippen LogP contribution in [-0.2, 0) is 14.6 Å². The molecular weight excluding hydrogens is 450 g/mol. The molecule has 3 aromatic carbocycles. The molecule has 0 unspecified atom stereocenters. The lowest BCUT2D eigenvalue weighted by Gasteiger charge is -2.27. The Balaban J connectivity index is 1.38. The van der Waals surface area contributed by atoms with Gasteiger partial charge in [0.15, 0.2) is 14.9 Å². The predicted octanol–water partition coefficient (Wildman–Crippen LogP) is 4.81. The maximum atomic E-state index is 13.4. The minimum atomic E-state index is -3.40. The van der Waals surface area contributed by atoms with Crippen molar-refractivity contribution in [2.45, 2.75) is 17.9 Å². The molecule has 0 aliphatic carbocycles. The topological polar surface area (TPSA) is 98.2 Å². The van der Waals surface area contributed by atoms with Crippen LogP contribution < -0.4 is 10.1 Å². The summed E-state index contributed by atoms with van der Waals surface area (Å²) in [5.41, 5.74) is 3.56. The number of ether oxygens (including phenoxy) is 1. The highest BCUT2D eigenvalue weighted by Crippen LogP contribution is 2.44. The van der Waals surface area contributed by atoms with Gasteiger partial charge in [0, 0.05) is 22.4 Å². The number of nitrogens with one attached hydrogen (secondary N) is 1. The average Bonchev–Trinajstić information content (AvgIpc) is 2.87. The standard InChI is InChI=1S/C26H21N3O4S/c1-2-34(31,32)24-16-15-21(28-29-24)17-11-13-18(14-12-17)27-26(30)25-19-7-3-5-9-22(19)33-23-10-6-4-8-20(23)25/h3-16,25H,2H2,1H3,(H,27,30). The minimum Gasteiger partial charge on any atom is -0.457 e. The third kappa shape index (κ3) is 4.04. The first-order valence-electron chi connectivity index (χ1n) is 10.8. The van der Waals surface area contributed by atoms with Crippen LogP contribution in [0.25, 0.3) is 11.3 Å². The first-order valence-corrected chi connectivity index (χ1v) is 12.4. The Hall–Kier alpha value is -4.04. The van der Waals surface area contributed by atoms with Crippen molar-refractivity contribution in [2.75, 3.05) is 11.1 Å². The number of fused-ring (bicyclic) bond motifs is 2. The van der Waals surface area contributed by atoms with Crippen LogP contribution in [0.5, 0.6) is 11.5 Å². The van der Waals surface area contributed by atoms with Crippen molar-refractivity contribution in [1.29, 1.82) is 0 Å². The third-order valence-corrected chi connectivity index (χ3v) is 7.34. The number of hydrogen-bond acceptors (Lipinski definition) is 6. The van der Waals surface area contributed by atoms with Gasteiger partial charge in [0.2, 0.25) is 5.91 Å². The number of aromatic nitrogens is 2. The van der Waals surface area contributed by atoms with Gasteiger partial charge in [-0.1, -0.05) is 55.5 Å². The van der Waals surface area contributed by atoms with E-state index in [-0.39, 0.29) is 16.7 Å². The zero-order chi connectivity index (χ0) is 23.7. The number of para-hydroxylation sites is 2. The Bertz CT molecular complexity index is 1420. The van der Waals surface area contributed by atoms with E-state index in [0.29, 0.717) is 22.9 Å². The molecular formula is C26H21N3O4S. The summed E-state index contributed by atoms with van der Waals surface area (Å²) < 4.78 is 29.8. The molecule has 0 bridgehead atoms. The third-order valence-electron chi connectivity index (χ3n) is 5.73. The van der Waals surface area contributed by atoms with Crippen LogP contribution in [0.4, 0.5) is 5.69 Å². The molecule has 170 valence electrons. The summed E-state index contributed by atoms with van der Waals surface area (Å²) >= 11 is 0. The van der Waals surface area contributed by atoms with E-state index in [1.807, 2.05) is 48.5 Å². The van der Waals surface area contributed by atoms with Gasteiger partial charge in [-0.15, -0.1) is 10.2 Å². The number of nitrogens with zero attached hydrogens (tertiary/aromatic N) is 2. The summed E-state index contributed by atoms with van der Waals surface area (Å²) in [6, 6.07) is 25.3. The number of sulfone groups is 1. The first kappa shape index (κ1) is 21.8. The number of carbonyl (C=O) groups is 1. The van der Waals surface area contributed by atoms with Gasteiger partial charge >= 0.3 is 0 Å². The molecule has 0 saturated carbocycles. The molecule has 0 saturated heterocycles. The Morgan fingerprint density at radius 2 is 1.47 bits per heavy atom. The van der Waals surface area contributed by atoms with E-state index in [1.165, 1.54) is 6.07 Å². The second-order valence-electron chi connectivity index (χ2n) is 7.84. The van der Waals surface area contributed by atoms with E-state index >= 15 is 0 Å². The van der Waals surface area contributed by atoms with E-state index in [4.69, 9.17) is 4.74 Å². The van der Waals surface area contributed by atoms with E-state index in [1.54, 1.807) is 37.3 Å². The molecule has 4 aromatic rings. The van der Waals surface area contributed by atoms with Crippen molar-refractivity contribution in [3.8, 4) is 22.8 Å². The highest BCUT2D eigenvalue weighted by atomic mass is 32.2. The summed E-state index contributed by atoms with van der Waals surface area (Å²) in [5.74, 6) is 0.648. The summed E-state index contributed by atoms with van der Waals surface area (Å²) in [6.45, 7) is 1.56. The first-order chi connectivity index (χ1) is 16.5. The molecule has 5 rings (SSSR count). The number of benzene rings is 3. The van der Waals surface area contributed by atoms with Gasteiger partial charge < -0.3 is 10.1 Å². The predicted molar refractivity (Wildman–Crippen MR) is 129 cm³/mol. The second kappa shape index (κ2) is 8.72. The average molecular weight is 472 g/mol. The molecule has 0 fully saturated rings. The van der Waals surface area contributed by atoms with Gasteiger partial charge in [0.1, 0.15) is 11.5 Å². The fraction of sp³-hybridized carbons (Fsp3) is 0.115. The Morgan fingerprint density at radius 1 is 0.853 bits per heavy atom. The zero-order valence-electron chi connectivity index (χ0n) is 18.3. The van der Waals surface area contributed by atoms with Gasteiger partial charge in [-0.05, 0) is 36.4 Å². The van der Waals surface area contributed by atoms with Crippen LogP contribution in [0.2, 0.25) is 0 Å². The summed E-state index contributed by atoms with van der Waals surface area (Å²) in [7, 11) is -3.40. The Labute approximate surface area is 197 Å². The largest absolute Gasteiger partial charge is 0.457 e. The lowest BCUT2D eigenvalue weighted by molar-refractivity contribution is -0.116. The molecule has 0 radical (unpaired) electrons. The number of rotatable bonds is 5. The molecule has 1 aliphatic rings. The highest BCUT2D eigenvalue weighted by Gasteiger charge is 2.32. The number of hydrogen-bond donors (Lipinski definition) is 1. The Morgan fingerprint density at radius 3 is 2.03 bits per heavy atom. The molecule has 1 aromatic heterocycles. The quantitative estimate of drug-likeness (QED) is 0.448. The summed E-state index contributed by atoms with van der Waals surface area (Å²) in [5, 5.41) is 10.9. The van der Waals surface area contributed by atoms with Crippen LogP contribution in [-0.4, -0.2) is 30.3 Å². The monoisotopic (exact) mass is 471 g/mol. The summed E-state index contributed by atoms with van der Waals surface area (Å²) in [6.07, 6.45) is 0. The van der Waals surface area contributed by atoms with Crippen LogP contribution in [0, 0.1) is 0 Å². The van der Waals surface area contributed by atoms with Crippen LogP contribution in [0.15, 0.2) is 90.0 Å². The number of carbonyl (C=O) groups excluding carboxylic acids is 1. The van der Waals surface area contributed by atoms with E-state index in [2.05, 4.69) is 15.5 Å². The van der Waals surface area contributed by atoms with Crippen molar-refractivity contribution in [3.63, 3.8) is 0 Å². The second-order valence-corrected chi connectivity index (χ2v) is 10.1. The Kier molecular flexibility index (Phi) is 5.59. The van der Waals surface area contributed by atoms with Crippen LogP contribution >= 0.6 is 0 Å². The normalized spacial score (nSPS) is 12.9. The van der Waals surface area contributed by atoms with Gasteiger partial charge in [-0.25, -0.2) is 8.42 Å². The maximum absolute atomic E-state index is 13.4. The van der Waals surface area contributed by atoms with Crippen molar-refractivity contribution in [1.82, 2.24) is 10.2 Å². The molecule has 8 heteroatoms. The van der Waals surface area contributed by atoms with Crippen LogP contribution in [0.1, 0.15) is 24.0 Å². The molecule has 0 atom stereocenters. The van der Waals surface area contributed by atoms with E-state index in [9.17, 15) is 13.2 Å². The zero-order valence-corrected chi connectivity index (χ0v) is 19.1. The lowest BCUT2D eigenvalue weighted by atomic mass is 9.87. The van der Waals surface area contributed by atoms with Gasteiger partial charge in [-0.2, -0.15) is 0 Å². The van der Waals surface area contributed by atoms with Crippen molar-refractivity contribution in [3.05, 3.63) is 96.1 Å². The summed E-state index contributed by atoms with van der Waals surface area (Å²) in [4.78, 5) is 13.4. The molecule has 1 amide bonds. The molecule has 0 spiro atoms. The number of amides is 1. The van der Waals surface area contributed by atoms with Gasteiger partial charge in [-0.3, -0.25) is 4.79 Å². The fourth-order valence-corrected chi connectivity index (χ4v) is 4.66. The highest BCUT2D eigenvalue weighted by molar-refractivity contribution is 7.91. The molecule has 1 aliphatic heterocycles. The van der Waals surface area contributed by atoms with E-state index in [0.717, 1.165) is 16.7 Å². The molecule has 1 N–H and O–H groups in total. The molecule has 34 heavy (non-hydrogen) atoms. The van der Waals surface area contributed by atoms with Crippen molar-refractivity contribution in [2.24, 2.45) is 0 Å². The molecule has 2 heterocycles. The van der Waals surface area contributed by atoms with Gasteiger partial charge in [0.25, 0.3) is 0 Å². The minimum absolute atomic E-state index is 0.0303. The smallest absolute Gasteiger partial charge is 0.236 e. The fourth-order valence-electron chi connectivity index (χ4n) is 3.92. The van der Waals surface area contributed by atoms with Crippen LogP contribution in [0.3, 0.4) is 0 Å². The van der Waals surface area contributed by atoms with Crippen molar-refractivity contribution < 1.29 is 17.9 Å². The van der Waals surface area contributed by atoms with Gasteiger partial charge in [0.05, 0.1) is 17.4 Å². The molecule has 7 nitrogen and oxygen atoms in total. The number of anilines is 1. The van der Waals surface area contributed by atoms with Crippen molar-refractivity contribution >= 4 is 21.4 Å². The van der Waals surface area contributed by atoms with E-state index < -0.39 is 15.8 Å². The lowest BCUT2D eigenvalue weighted by Crippen LogP contribution is -2.25. The maximum Gasteiger partial charge on any atom is 0.236 e. The SMILES string of the molecule is CCS(=O)(=O)c1ccc(-c2ccc(NC(=O)C3c4ccccc4Oc4ccccc43)cc2)nn1.